The summed E-state index contributed by atoms with van der Waals surface area (Å²) in [6, 6.07) is -0.538. The summed E-state index contributed by atoms with van der Waals surface area (Å²) in [6.45, 7) is 2.51. The molecule has 6 N–H and O–H groups in total. The summed E-state index contributed by atoms with van der Waals surface area (Å²) in [5.74, 6) is 0.492. The summed E-state index contributed by atoms with van der Waals surface area (Å²) >= 11 is 0. The summed E-state index contributed by atoms with van der Waals surface area (Å²) in [4.78, 5) is 8.61. The first kappa shape index (κ1) is 21.9. The van der Waals surface area contributed by atoms with Gasteiger partial charge < -0.3 is 40.6 Å². The molecule has 0 aliphatic carbocycles. The van der Waals surface area contributed by atoms with Gasteiger partial charge in [-0.15, -0.1) is 0 Å². The van der Waals surface area contributed by atoms with Crippen LogP contribution in [0.15, 0.2) is 12.4 Å². The van der Waals surface area contributed by atoms with E-state index < -0.39 is 24.4 Å². The van der Waals surface area contributed by atoms with Gasteiger partial charge in [0.25, 0.3) is 0 Å². The molecule has 0 aromatic carbocycles. The SMILES string of the molecule is NCCOCCOCCCc1cncc(N[C@H]2CO[C@H](CO)[C@H](O)[C@@H]2O)n1. The average Bonchev–Trinajstić information content (AvgIpc) is 2.68. The third-order valence-electron chi connectivity index (χ3n) is 4.19. The molecule has 0 unspecified atom stereocenters. The smallest absolute Gasteiger partial charge is 0.145 e. The van der Waals surface area contributed by atoms with E-state index in [1.165, 1.54) is 0 Å². The van der Waals surface area contributed by atoms with Gasteiger partial charge in [-0.25, -0.2) is 4.98 Å². The first-order chi connectivity index (χ1) is 13.2. The van der Waals surface area contributed by atoms with Crippen LogP contribution in [-0.2, 0) is 20.6 Å². The molecule has 1 aliphatic heterocycles. The molecular weight excluding hydrogens is 356 g/mol. The molecule has 4 atom stereocenters. The van der Waals surface area contributed by atoms with Gasteiger partial charge in [-0.2, -0.15) is 0 Å². The number of rotatable bonds is 12. The van der Waals surface area contributed by atoms with Crippen LogP contribution in [0.3, 0.4) is 0 Å². The Balaban J connectivity index is 1.72. The molecule has 0 saturated carbocycles. The number of aryl methyl sites for hydroxylation is 1. The first-order valence-electron chi connectivity index (χ1n) is 9.17. The minimum Gasteiger partial charge on any atom is -0.394 e. The Kier molecular flexibility index (Phi) is 9.84. The number of anilines is 1. The number of hydrogen-bond acceptors (Lipinski definition) is 10. The zero-order valence-electron chi connectivity index (χ0n) is 15.4. The van der Waals surface area contributed by atoms with Crippen molar-refractivity contribution in [3.63, 3.8) is 0 Å². The van der Waals surface area contributed by atoms with Crippen LogP contribution in [0.1, 0.15) is 12.1 Å². The Morgan fingerprint density at radius 2 is 1.93 bits per heavy atom. The van der Waals surface area contributed by atoms with Crippen LogP contribution in [0.2, 0.25) is 0 Å². The molecule has 0 amide bonds. The molecule has 0 spiro atoms. The van der Waals surface area contributed by atoms with Crippen LogP contribution in [-0.4, -0.2) is 95.8 Å². The molecule has 1 aliphatic rings. The largest absolute Gasteiger partial charge is 0.394 e. The highest BCUT2D eigenvalue weighted by molar-refractivity contribution is 5.34. The fourth-order valence-electron chi connectivity index (χ4n) is 2.72. The second-order valence-corrected chi connectivity index (χ2v) is 6.30. The summed E-state index contributed by atoms with van der Waals surface area (Å²) in [7, 11) is 0. The molecule has 27 heavy (non-hydrogen) atoms. The maximum absolute atomic E-state index is 10.2. The molecule has 1 aromatic heterocycles. The predicted molar refractivity (Wildman–Crippen MR) is 97.3 cm³/mol. The molecule has 10 heteroatoms. The minimum atomic E-state index is -1.16. The van der Waals surface area contributed by atoms with E-state index in [0.717, 1.165) is 12.1 Å². The van der Waals surface area contributed by atoms with E-state index in [9.17, 15) is 10.2 Å². The second kappa shape index (κ2) is 12.1. The Morgan fingerprint density at radius 1 is 1.15 bits per heavy atom. The minimum absolute atomic E-state index is 0.148. The molecule has 154 valence electrons. The average molecular weight is 386 g/mol. The van der Waals surface area contributed by atoms with Crippen molar-refractivity contribution in [2.45, 2.75) is 37.2 Å². The highest BCUT2D eigenvalue weighted by Crippen LogP contribution is 2.18. The number of ether oxygens (including phenoxy) is 3. The summed E-state index contributed by atoms with van der Waals surface area (Å²) < 4.78 is 16.0. The first-order valence-corrected chi connectivity index (χ1v) is 9.17. The zero-order chi connectivity index (χ0) is 19.5. The molecule has 0 bridgehead atoms. The Morgan fingerprint density at radius 3 is 2.67 bits per heavy atom. The van der Waals surface area contributed by atoms with E-state index in [1.54, 1.807) is 12.4 Å². The molecule has 0 radical (unpaired) electrons. The van der Waals surface area contributed by atoms with E-state index in [0.29, 0.717) is 45.2 Å². The number of aliphatic hydroxyl groups is 3. The Hall–Kier alpha value is -1.40. The number of aliphatic hydroxyl groups excluding tert-OH is 3. The number of nitrogens with zero attached hydrogens (tertiary/aromatic N) is 2. The lowest BCUT2D eigenvalue weighted by Gasteiger charge is -2.37. The van der Waals surface area contributed by atoms with E-state index in [-0.39, 0.29) is 13.2 Å². The van der Waals surface area contributed by atoms with Crippen molar-refractivity contribution in [1.82, 2.24) is 9.97 Å². The van der Waals surface area contributed by atoms with Gasteiger partial charge in [0.2, 0.25) is 0 Å². The van der Waals surface area contributed by atoms with Crippen molar-refractivity contribution in [2.75, 3.05) is 51.5 Å². The predicted octanol–water partition coefficient (Wildman–Crippen LogP) is -1.71. The standard InChI is InChI=1S/C17H30N4O6/c18-3-5-26-7-6-25-4-1-2-12-8-19-9-15(20-12)21-13-11-27-14(10-22)17(24)16(13)23/h8-9,13-14,16-17,22-24H,1-7,10-11,18H2,(H,20,21)/t13-,14+,16+,17-/m0/s1. The van der Waals surface area contributed by atoms with Gasteiger partial charge >= 0.3 is 0 Å². The van der Waals surface area contributed by atoms with Gasteiger partial charge in [0.05, 0.1) is 51.0 Å². The lowest BCUT2D eigenvalue weighted by Crippen LogP contribution is -2.56. The third-order valence-corrected chi connectivity index (χ3v) is 4.19. The summed E-state index contributed by atoms with van der Waals surface area (Å²) in [6.07, 6.45) is 1.70. The third kappa shape index (κ3) is 7.26. The van der Waals surface area contributed by atoms with E-state index in [4.69, 9.17) is 25.1 Å². The van der Waals surface area contributed by atoms with Gasteiger partial charge in [-0.05, 0) is 12.8 Å². The van der Waals surface area contributed by atoms with Crippen molar-refractivity contribution < 1.29 is 29.5 Å². The normalized spacial score (nSPS) is 25.5. The molecule has 2 heterocycles. The van der Waals surface area contributed by atoms with Gasteiger partial charge in [0.1, 0.15) is 24.1 Å². The zero-order valence-corrected chi connectivity index (χ0v) is 15.4. The van der Waals surface area contributed by atoms with Crippen LogP contribution in [0, 0.1) is 0 Å². The van der Waals surface area contributed by atoms with Crippen LogP contribution in [0.4, 0.5) is 5.82 Å². The topological polar surface area (TPSA) is 152 Å². The maximum atomic E-state index is 10.2. The highest BCUT2D eigenvalue weighted by atomic mass is 16.5. The van der Waals surface area contributed by atoms with E-state index in [2.05, 4.69) is 15.3 Å². The Labute approximate surface area is 158 Å². The molecule has 1 fully saturated rings. The quantitative estimate of drug-likeness (QED) is 0.263. The van der Waals surface area contributed by atoms with Gasteiger partial charge in [0, 0.05) is 19.3 Å². The lowest BCUT2D eigenvalue weighted by atomic mass is 9.98. The number of nitrogens with two attached hydrogens (primary N) is 1. The number of hydrogen-bond donors (Lipinski definition) is 5. The monoisotopic (exact) mass is 386 g/mol. The van der Waals surface area contributed by atoms with Crippen molar-refractivity contribution in [3.05, 3.63) is 18.1 Å². The van der Waals surface area contributed by atoms with Crippen LogP contribution in [0.25, 0.3) is 0 Å². The van der Waals surface area contributed by atoms with Gasteiger partial charge in [-0.1, -0.05) is 0 Å². The van der Waals surface area contributed by atoms with E-state index >= 15 is 0 Å². The summed E-state index contributed by atoms with van der Waals surface area (Å²) in [5, 5.41) is 32.2. The molecule has 2 rings (SSSR count). The highest BCUT2D eigenvalue weighted by Gasteiger charge is 2.38. The fraction of sp³-hybridized carbons (Fsp3) is 0.765. The van der Waals surface area contributed by atoms with Crippen LogP contribution < -0.4 is 11.1 Å². The molecule has 1 aromatic rings. The fourth-order valence-corrected chi connectivity index (χ4v) is 2.72. The summed E-state index contributed by atoms with van der Waals surface area (Å²) in [5.41, 5.74) is 6.12. The maximum Gasteiger partial charge on any atom is 0.145 e. The number of nitrogens with one attached hydrogen (secondary N) is 1. The Bertz CT molecular complexity index is 538. The van der Waals surface area contributed by atoms with Crippen LogP contribution in [0.5, 0.6) is 0 Å². The molecule has 10 nitrogen and oxygen atoms in total. The lowest BCUT2D eigenvalue weighted by molar-refractivity contribution is -0.152. The van der Waals surface area contributed by atoms with Gasteiger partial charge in [-0.3, -0.25) is 4.98 Å². The van der Waals surface area contributed by atoms with Crippen molar-refractivity contribution in [1.29, 1.82) is 0 Å². The van der Waals surface area contributed by atoms with Crippen molar-refractivity contribution >= 4 is 5.82 Å². The van der Waals surface area contributed by atoms with Gasteiger partial charge in [0.15, 0.2) is 0 Å². The van der Waals surface area contributed by atoms with Crippen molar-refractivity contribution in [3.8, 4) is 0 Å². The van der Waals surface area contributed by atoms with Crippen molar-refractivity contribution in [2.24, 2.45) is 5.73 Å². The van der Waals surface area contributed by atoms with Crippen LogP contribution >= 0.6 is 0 Å². The second-order valence-electron chi connectivity index (χ2n) is 6.30. The number of aromatic nitrogens is 2. The molecule has 1 saturated heterocycles. The van der Waals surface area contributed by atoms with E-state index in [1.807, 2.05) is 0 Å². The molecular formula is C17H30N4O6.